The maximum atomic E-state index is 3.61. The molecule has 0 spiro atoms. The van der Waals surface area contributed by atoms with Crippen LogP contribution in [0, 0.1) is 5.92 Å². The summed E-state index contributed by atoms with van der Waals surface area (Å²) in [5.41, 5.74) is 2.86. The van der Waals surface area contributed by atoms with Crippen molar-refractivity contribution < 1.29 is 0 Å². The Morgan fingerprint density at radius 1 is 1.11 bits per heavy atom. The van der Waals surface area contributed by atoms with E-state index in [0.29, 0.717) is 5.92 Å². The molecule has 1 aromatic rings. The van der Waals surface area contributed by atoms with E-state index in [1.54, 1.807) is 0 Å². The Labute approximate surface area is 110 Å². The van der Waals surface area contributed by atoms with E-state index in [1.165, 1.54) is 49.9 Å². The molecule has 1 aliphatic carbocycles. The molecule has 18 heavy (non-hydrogen) atoms. The molecule has 2 N–H and O–H groups in total. The first-order valence-electron chi connectivity index (χ1n) is 7.47. The highest BCUT2D eigenvalue weighted by molar-refractivity contribution is 5.57. The normalized spacial score (nSPS) is 22.3. The molecule has 1 saturated carbocycles. The predicted molar refractivity (Wildman–Crippen MR) is 77.1 cm³/mol. The quantitative estimate of drug-likeness (QED) is 0.750. The molecule has 1 heterocycles. The topological polar surface area (TPSA) is 24.1 Å². The third-order valence-corrected chi connectivity index (χ3v) is 4.56. The Balaban J connectivity index is 1.36. The van der Waals surface area contributed by atoms with Gasteiger partial charge in [-0.2, -0.15) is 0 Å². The molecule has 0 amide bonds. The molecule has 1 atom stereocenters. The van der Waals surface area contributed by atoms with E-state index in [9.17, 15) is 0 Å². The van der Waals surface area contributed by atoms with Gasteiger partial charge in [-0.05, 0) is 43.5 Å². The number of fused-ring (bicyclic) bond motifs is 1. The molecule has 2 aliphatic rings. The average Bonchev–Trinajstić information content (AvgIpc) is 2.75. The van der Waals surface area contributed by atoms with Gasteiger partial charge in [-0.15, -0.1) is 0 Å². The minimum absolute atomic E-state index is 0.706. The van der Waals surface area contributed by atoms with Gasteiger partial charge in [0.15, 0.2) is 0 Å². The van der Waals surface area contributed by atoms with E-state index >= 15 is 0 Å². The molecule has 0 bridgehead atoms. The molecule has 1 aromatic carbocycles. The van der Waals surface area contributed by atoms with E-state index in [0.717, 1.165) is 19.0 Å². The number of anilines is 1. The van der Waals surface area contributed by atoms with Crippen LogP contribution in [0.2, 0.25) is 0 Å². The SMILES string of the molecule is c1ccc2c(c1)NCC2CCNCCC1CCC1. The van der Waals surface area contributed by atoms with Crippen LogP contribution in [0.3, 0.4) is 0 Å². The van der Waals surface area contributed by atoms with Crippen molar-refractivity contribution in [3.05, 3.63) is 29.8 Å². The monoisotopic (exact) mass is 244 g/mol. The molecule has 0 saturated heterocycles. The van der Waals surface area contributed by atoms with Crippen LogP contribution in [0.1, 0.15) is 43.6 Å². The summed E-state index contributed by atoms with van der Waals surface area (Å²) in [6, 6.07) is 8.74. The van der Waals surface area contributed by atoms with Crippen LogP contribution in [0.5, 0.6) is 0 Å². The largest absolute Gasteiger partial charge is 0.384 e. The summed E-state index contributed by atoms with van der Waals surface area (Å²) in [6.07, 6.45) is 7.06. The fraction of sp³-hybridized carbons (Fsp3) is 0.625. The van der Waals surface area contributed by atoms with Crippen LogP contribution in [-0.2, 0) is 0 Å². The first kappa shape index (κ1) is 12.0. The second-order valence-electron chi connectivity index (χ2n) is 5.79. The fourth-order valence-corrected chi connectivity index (χ4v) is 3.10. The summed E-state index contributed by atoms with van der Waals surface area (Å²) < 4.78 is 0. The lowest BCUT2D eigenvalue weighted by molar-refractivity contribution is 0.292. The van der Waals surface area contributed by atoms with Crippen LogP contribution in [-0.4, -0.2) is 19.6 Å². The van der Waals surface area contributed by atoms with Crippen LogP contribution < -0.4 is 10.6 Å². The smallest absolute Gasteiger partial charge is 0.0376 e. The Bertz CT molecular complexity index is 384. The van der Waals surface area contributed by atoms with E-state index in [2.05, 4.69) is 34.9 Å². The van der Waals surface area contributed by atoms with Crippen molar-refractivity contribution in [2.75, 3.05) is 25.0 Å². The molecule has 1 unspecified atom stereocenters. The molecule has 0 radical (unpaired) electrons. The van der Waals surface area contributed by atoms with Gasteiger partial charge in [-0.1, -0.05) is 37.5 Å². The minimum atomic E-state index is 0.706. The number of rotatable bonds is 6. The number of hydrogen-bond acceptors (Lipinski definition) is 2. The van der Waals surface area contributed by atoms with Crippen molar-refractivity contribution in [3.8, 4) is 0 Å². The Morgan fingerprint density at radius 3 is 2.78 bits per heavy atom. The van der Waals surface area contributed by atoms with Gasteiger partial charge in [0.25, 0.3) is 0 Å². The highest BCUT2D eigenvalue weighted by atomic mass is 14.9. The molecule has 1 aliphatic heterocycles. The molecule has 1 fully saturated rings. The number of nitrogens with one attached hydrogen (secondary N) is 2. The summed E-state index contributed by atoms with van der Waals surface area (Å²) in [7, 11) is 0. The standard InChI is InChI=1S/C16H24N2/c1-2-7-16-15(6-1)14(12-18-16)9-11-17-10-8-13-4-3-5-13/h1-2,6-7,13-14,17-18H,3-5,8-12H2. The van der Waals surface area contributed by atoms with E-state index in [-0.39, 0.29) is 0 Å². The summed E-state index contributed by atoms with van der Waals surface area (Å²) in [5, 5.41) is 7.11. The predicted octanol–water partition coefficient (Wildman–Crippen LogP) is 3.37. The minimum Gasteiger partial charge on any atom is -0.384 e. The van der Waals surface area contributed by atoms with Crippen molar-refractivity contribution in [2.45, 2.75) is 38.0 Å². The van der Waals surface area contributed by atoms with Gasteiger partial charge in [0.05, 0.1) is 0 Å². The van der Waals surface area contributed by atoms with Gasteiger partial charge in [0, 0.05) is 18.2 Å². The molecular weight excluding hydrogens is 220 g/mol. The lowest BCUT2D eigenvalue weighted by Gasteiger charge is -2.25. The molecule has 0 aromatic heterocycles. The fourth-order valence-electron chi connectivity index (χ4n) is 3.10. The number of hydrogen-bond donors (Lipinski definition) is 2. The van der Waals surface area contributed by atoms with Crippen molar-refractivity contribution in [2.24, 2.45) is 5.92 Å². The van der Waals surface area contributed by atoms with Gasteiger partial charge in [0.2, 0.25) is 0 Å². The maximum Gasteiger partial charge on any atom is 0.0376 e. The summed E-state index contributed by atoms with van der Waals surface area (Å²) in [6.45, 7) is 3.49. The van der Waals surface area contributed by atoms with Crippen LogP contribution in [0.25, 0.3) is 0 Å². The molecule has 2 nitrogen and oxygen atoms in total. The number of benzene rings is 1. The highest BCUT2D eigenvalue weighted by Gasteiger charge is 2.21. The van der Waals surface area contributed by atoms with E-state index in [4.69, 9.17) is 0 Å². The van der Waals surface area contributed by atoms with Gasteiger partial charge < -0.3 is 10.6 Å². The maximum absolute atomic E-state index is 3.61. The van der Waals surface area contributed by atoms with Gasteiger partial charge in [-0.3, -0.25) is 0 Å². The first-order chi connectivity index (χ1) is 8.93. The summed E-state index contributed by atoms with van der Waals surface area (Å²) in [5.74, 6) is 1.74. The summed E-state index contributed by atoms with van der Waals surface area (Å²) >= 11 is 0. The Morgan fingerprint density at radius 2 is 1.94 bits per heavy atom. The van der Waals surface area contributed by atoms with Gasteiger partial charge in [0.1, 0.15) is 0 Å². The zero-order chi connectivity index (χ0) is 12.2. The lowest BCUT2D eigenvalue weighted by atomic mass is 9.83. The third kappa shape index (κ3) is 2.69. The third-order valence-electron chi connectivity index (χ3n) is 4.56. The molecular formula is C16H24N2. The molecule has 3 rings (SSSR count). The zero-order valence-corrected chi connectivity index (χ0v) is 11.1. The van der Waals surface area contributed by atoms with Crippen LogP contribution >= 0.6 is 0 Å². The van der Waals surface area contributed by atoms with E-state index < -0.39 is 0 Å². The Kier molecular flexibility index (Phi) is 3.84. The van der Waals surface area contributed by atoms with Crippen molar-refractivity contribution in [1.82, 2.24) is 5.32 Å². The highest BCUT2D eigenvalue weighted by Crippen LogP contribution is 2.33. The second-order valence-corrected chi connectivity index (χ2v) is 5.79. The van der Waals surface area contributed by atoms with Gasteiger partial charge in [-0.25, -0.2) is 0 Å². The van der Waals surface area contributed by atoms with Crippen molar-refractivity contribution >= 4 is 5.69 Å². The molecule has 2 heteroatoms. The average molecular weight is 244 g/mol. The second kappa shape index (κ2) is 5.75. The van der Waals surface area contributed by atoms with Crippen molar-refractivity contribution in [3.63, 3.8) is 0 Å². The van der Waals surface area contributed by atoms with Crippen molar-refractivity contribution in [1.29, 1.82) is 0 Å². The molecule has 98 valence electrons. The number of para-hydroxylation sites is 1. The zero-order valence-electron chi connectivity index (χ0n) is 11.1. The Hall–Kier alpha value is -1.02. The first-order valence-corrected chi connectivity index (χ1v) is 7.47. The van der Waals surface area contributed by atoms with Crippen LogP contribution in [0.4, 0.5) is 5.69 Å². The van der Waals surface area contributed by atoms with Crippen LogP contribution in [0.15, 0.2) is 24.3 Å². The summed E-state index contributed by atoms with van der Waals surface area (Å²) in [4.78, 5) is 0. The van der Waals surface area contributed by atoms with E-state index in [1.807, 2.05) is 0 Å². The van der Waals surface area contributed by atoms with Gasteiger partial charge >= 0.3 is 0 Å². The lowest BCUT2D eigenvalue weighted by Crippen LogP contribution is -2.23.